The highest BCUT2D eigenvalue weighted by molar-refractivity contribution is 5.79. The van der Waals surface area contributed by atoms with Crippen molar-refractivity contribution in [2.75, 3.05) is 53.5 Å². The first-order valence-electron chi connectivity index (χ1n) is 8.82. The molecule has 1 aliphatic rings. The second-order valence-electron chi connectivity index (χ2n) is 6.63. The van der Waals surface area contributed by atoms with Crippen molar-refractivity contribution in [3.8, 4) is 0 Å². The van der Waals surface area contributed by atoms with Crippen LogP contribution in [-0.4, -0.2) is 75.3 Å². The lowest BCUT2D eigenvalue weighted by atomic mass is 10.1. The van der Waals surface area contributed by atoms with E-state index in [9.17, 15) is 0 Å². The molecule has 0 radical (unpaired) electrons. The highest BCUT2D eigenvalue weighted by atomic mass is 16.5. The van der Waals surface area contributed by atoms with Crippen LogP contribution in [0.5, 0.6) is 0 Å². The molecule has 130 valence electrons. The predicted molar refractivity (Wildman–Crippen MR) is 94.5 cm³/mol. The van der Waals surface area contributed by atoms with Gasteiger partial charge in [0, 0.05) is 45.2 Å². The zero-order chi connectivity index (χ0) is 16.4. The van der Waals surface area contributed by atoms with Crippen LogP contribution in [0.25, 0.3) is 0 Å². The average Bonchev–Trinajstić information content (AvgIpc) is 2.98. The maximum atomic E-state index is 5.46. The van der Waals surface area contributed by atoms with Crippen molar-refractivity contribution >= 4 is 5.96 Å². The van der Waals surface area contributed by atoms with E-state index in [4.69, 9.17) is 9.73 Å². The molecule has 0 aromatic heterocycles. The summed E-state index contributed by atoms with van der Waals surface area (Å²) in [6.45, 7) is 12.4. The molecule has 0 aromatic rings. The van der Waals surface area contributed by atoms with E-state index >= 15 is 0 Å². The molecule has 0 bridgehead atoms. The first kappa shape index (κ1) is 19.2. The van der Waals surface area contributed by atoms with Crippen molar-refractivity contribution in [2.45, 2.75) is 46.1 Å². The van der Waals surface area contributed by atoms with E-state index in [2.05, 4.69) is 50.0 Å². The number of guanidine groups is 1. The quantitative estimate of drug-likeness (QED) is 0.402. The van der Waals surface area contributed by atoms with Crippen LogP contribution in [0.1, 0.15) is 40.0 Å². The fourth-order valence-corrected chi connectivity index (χ4v) is 2.59. The van der Waals surface area contributed by atoms with E-state index in [0.29, 0.717) is 12.0 Å². The van der Waals surface area contributed by atoms with E-state index < -0.39 is 0 Å². The predicted octanol–water partition coefficient (Wildman–Crippen LogP) is 2.04. The molecular formula is C17H36N4O. The summed E-state index contributed by atoms with van der Waals surface area (Å²) in [7, 11) is 4.32. The van der Waals surface area contributed by atoms with Gasteiger partial charge in [0.15, 0.2) is 5.96 Å². The lowest BCUT2D eigenvalue weighted by Crippen LogP contribution is -2.41. The molecule has 1 atom stereocenters. The summed E-state index contributed by atoms with van der Waals surface area (Å²) in [6.07, 6.45) is 3.52. The molecule has 0 spiro atoms. The summed E-state index contributed by atoms with van der Waals surface area (Å²) in [5, 5.41) is 3.40. The van der Waals surface area contributed by atoms with Gasteiger partial charge in [0.25, 0.3) is 0 Å². The minimum absolute atomic E-state index is 0.626. The molecule has 1 saturated heterocycles. The van der Waals surface area contributed by atoms with Crippen molar-refractivity contribution in [2.24, 2.45) is 10.9 Å². The van der Waals surface area contributed by atoms with Gasteiger partial charge in [0.2, 0.25) is 0 Å². The van der Waals surface area contributed by atoms with Gasteiger partial charge in [-0.25, -0.2) is 0 Å². The number of nitrogens with zero attached hydrogens (tertiary/aromatic N) is 3. The first-order valence-corrected chi connectivity index (χ1v) is 8.82. The van der Waals surface area contributed by atoms with E-state index in [1.807, 2.05) is 0 Å². The Bertz CT molecular complexity index is 314. The molecule has 0 aromatic carbocycles. The van der Waals surface area contributed by atoms with Gasteiger partial charge in [-0.05, 0) is 53.6 Å². The smallest absolute Gasteiger partial charge is 0.193 e. The Labute approximate surface area is 137 Å². The van der Waals surface area contributed by atoms with Crippen LogP contribution in [0.15, 0.2) is 4.99 Å². The fraction of sp³-hybridized carbons (Fsp3) is 0.941. The summed E-state index contributed by atoms with van der Waals surface area (Å²) in [5.74, 6) is 1.68. The monoisotopic (exact) mass is 312 g/mol. The van der Waals surface area contributed by atoms with Crippen LogP contribution in [-0.2, 0) is 4.74 Å². The highest BCUT2D eigenvalue weighted by Crippen LogP contribution is 2.13. The topological polar surface area (TPSA) is 40.1 Å². The summed E-state index contributed by atoms with van der Waals surface area (Å²) in [6, 6.07) is 0.626. The Kier molecular flexibility index (Phi) is 9.48. The molecule has 0 amide bonds. The summed E-state index contributed by atoms with van der Waals surface area (Å²) < 4.78 is 5.46. The molecule has 1 aliphatic heterocycles. The molecule has 1 N–H and O–H groups in total. The number of hydrogen-bond acceptors (Lipinski definition) is 3. The number of unbranched alkanes of at least 4 members (excludes halogenated alkanes) is 1. The van der Waals surface area contributed by atoms with E-state index in [1.165, 1.54) is 12.8 Å². The molecule has 0 aliphatic carbocycles. The van der Waals surface area contributed by atoms with Gasteiger partial charge in [0.1, 0.15) is 0 Å². The van der Waals surface area contributed by atoms with Gasteiger partial charge in [-0.3, -0.25) is 4.99 Å². The van der Waals surface area contributed by atoms with Crippen molar-refractivity contribution in [3.63, 3.8) is 0 Å². The fourth-order valence-electron chi connectivity index (χ4n) is 2.59. The van der Waals surface area contributed by atoms with Crippen molar-refractivity contribution < 1.29 is 4.74 Å². The Hall–Kier alpha value is -0.810. The standard InChI is InChI=1S/C17H36N4O/c1-6-18-17(21(5)13-16-9-12-22-14-16)19-10-7-8-11-20(4)15(2)3/h15-16H,6-14H2,1-5H3,(H,18,19). The van der Waals surface area contributed by atoms with Crippen molar-refractivity contribution in [3.05, 3.63) is 0 Å². The van der Waals surface area contributed by atoms with Crippen LogP contribution in [0.4, 0.5) is 0 Å². The van der Waals surface area contributed by atoms with Gasteiger partial charge >= 0.3 is 0 Å². The van der Waals surface area contributed by atoms with E-state index in [-0.39, 0.29) is 0 Å². The average molecular weight is 313 g/mol. The van der Waals surface area contributed by atoms with Crippen molar-refractivity contribution in [1.82, 2.24) is 15.1 Å². The number of ether oxygens (including phenoxy) is 1. The number of aliphatic imine (C=N–C) groups is 1. The summed E-state index contributed by atoms with van der Waals surface area (Å²) in [5.41, 5.74) is 0. The van der Waals surface area contributed by atoms with Crippen LogP contribution < -0.4 is 5.32 Å². The second-order valence-corrected chi connectivity index (χ2v) is 6.63. The first-order chi connectivity index (χ1) is 10.5. The number of rotatable bonds is 9. The second kappa shape index (κ2) is 10.8. The molecule has 1 fully saturated rings. The molecule has 5 nitrogen and oxygen atoms in total. The third-order valence-corrected chi connectivity index (χ3v) is 4.31. The van der Waals surface area contributed by atoms with Gasteiger partial charge < -0.3 is 19.9 Å². The van der Waals surface area contributed by atoms with Crippen molar-refractivity contribution in [1.29, 1.82) is 0 Å². The molecule has 1 rings (SSSR count). The minimum Gasteiger partial charge on any atom is -0.381 e. The normalized spacial score (nSPS) is 19.2. The lowest BCUT2D eigenvalue weighted by molar-refractivity contribution is 0.181. The van der Waals surface area contributed by atoms with Crippen LogP contribution in [0.3, 0.4) is 0 Å². The zero-order valence-corrected chi connectivity index (χ0v) is 15.3. The Morgan fingerprint density at radius 1 is 1.32 bits per heavy atom. The van der Waals surface area contributed by atoms with Gasteiger partial charge in [0.05, 0.1) is 6.61 Å². The van der Waals surface area contributed by atoms with E-state index in [1.54, 1.807) is 0 Å². The molecule has 1 unspecified atom stereocenters. The minimum atomic E-state index is 0.626. The maximum Gasteiger partial charge on any atom is 0.193 e. The molecule has 0 saturated carbocycles. The maximum absolute atomic E-state index is 5.46. The third kappa shape index (κ3) is 7.45. The Balaban J connectivity index is 2.30. The third-order valence-electron chi connectivity index (χ3n) is 4.31. The Morgan fingerprint density at radius 2 is 2.09 bits per heavy atom. The Morgan fingerprint density at radius 3 is 2.68 bits per heavy atom. The zero-order valence-electron chi connectivity index (χ0n) is 15.3. The molecule has 5 heteroatoms. The van der Waals surface area contributed by atoms with Crippen LogP contribution in [0, 0.1) is 5.92 Å². The van der Waals surface area contributed by atoms with E-state index in [0.717, 1.165) is 51.8 Å². The van der Waals surface area contributed by atoms with Gasteiger partial charge in [-0.1, -0.05) is 0 Å². The largest absolute Gasteiger partial charge is 0.381 e. The SMILES string of the molecule is CCNC(=NCCCCN(C)C(C)C)N(C)CC1CCOC1. The van der Waals surface area contributed by atoms with Crippen LogP contribution in [0.2, 0.25) is 0 Å². The van der Waals surface area contributed by atoms with Gasteiger partial charge in [-0.2, -0.15) is 0 Å². The van der Waals surface area contributed by atoms with Crippen LogP contribution >= 0.6 is 0 Å². The molecule has 1 heterocycles. The number of nitrogens with one attached hydrogen (secondary N) is 1. The highest BCUT2D eigenvalue weighted by Gasteiger charge is 2.18. The summed E-state index contributed by atoms with van der Waals surface area (Å²) in [4.78, 5) is 9.41. The molecule has 22 heavy (non-hydrogen) atoms. The van der Waals surface area contributed by atoms with Gasteiger partial charge in [-0.15, -0.1) is 0 Å². The summed E-state index contributed by atoms with van der Waals surface area (Å²) >= 11 is 0. The molecular weight excluding hydrogens is 276 g/mol. The lowest BCUT2D eigenvalue weighted by Gasteiger charge is -2.24. The number of hydrogen-bond donors (Lipinski definition) is 1.